The summed E-state index contributed by atoms with van der Waals surface area (Å²) in [5.74, 6) is 1.77. The Balaban J connectivity index is 1.02. The van der Waals surface area contributed by atoms with Gasteiger partial charge in [-0.15, -0.1) is 0 Å². The van der Waals surface area contributed by atoms with Crippen molar-refractivity contribution < 1.29 is 9.15 Å². The first kappa shape index (κ1) is 34.7. The molecule has 290 valence electrons. The zero-order chi connectivity index (χ0) is 40.8. The van der Waals surface area contributed by atoms with E-state index in [0.29, 0.717) is 0 Å². The SMILES string of the molecule is c1ccc(-c2ccc(N(c3ccc(-c4ccc5c(c4)oc4ccccc45)cc3)c3ccc4c(c3)C3(c5ccccc5Oc5ccccc53)c3ccc5ccccc5c3-4)cc2)cc1. The topological polar surface area (TPSA) is 25.6 Å². The van der Waals surface area contributed by atoms with E-state index in [0.717, 1.165) is 72.8 Å². The van der Waals surface area contributed by atoms with Gasteiger partial charge in [0.1, 0.15) is 22.7 Å². The van der Waals surface area contributed by atoms with Crippen LogP contribution in [0.5, 0.6) is 11.5 Å². The second-order valence-corrected chi connectivity index (χ2v) is 16.4. The molecule has 10 aromatic carbocycles. The Morgan fingerprint density at radius 3 is 1.65 bits per heavy atom. The fourth-order valence-electron chi connectivity index (χ4n) is 10.4. The van der Waals surface area contributed by atoms with Crippen molar-refractivity contribution in [1.29, 1.82) is 0 Å². The van der Waals surface area contributed by atoms with E-state index in [1.165, 1.54) is 44.2 Å². The molecule has 0 radical (unpaired) electrons. The van der Waals surface area contributed by atoms with Crippen LogP contribution in [0.15, 0.2) is 229 Å². The van der Waals surface area contributed by atoms with Crippen molar-refractivity contribution in [2.75, 3.05) is 4.90 Å². The van der Waals surface area contributed by atoms with Crippen LogP contribution in [0.4, 0.5) is 17.1 Å². The Hall–Kier alpha value is -8.14. The lowest BCUT2D eigenvalue weighted by molar-refractivity contribution is 0.436. The van der Waals surface area contributed by atoms with Crippen LogP contribution in [-0.2, 0) is 5.41 Å². The maximum Gasteiger partial charge on any atom is 0.136 e. The number of furan rings is 1. The Morgan fingerprint density at radius 2 is 0.903 bits per heavy atom. The molecular weight excluding hydrogens is 755 g/mol. The van der Waals surface area contributed by atoms with E-state index in [9.17, 15) is 0 Å². The number of hydrogen-bond acceptors (Lipinski definition) is 3. The highest BCUT2D eigenvalue weighted by atomic mass is 16.5. The Labute approximate surface area is 359 Å². The normalized spacial score (nSPS) is 13.1. The van der Waals surface area contributed by atoms with Crippen LogP contribution in [0.2, 0.25) is 0 Å². The van der Waals surface area contributed by atoms with E-state index in [-0.39, 0.29) is 0 Å². The largest absolute Gasteiger partial charge is 0.457 e. The van der Waals surface area contributed by atoms with Crippen molar-refractivity contribution in [3.63, 3.8) is 0 Å². The summed E-state index contributed by atoms with van der Waals surface area (Å²) in [6, 6.07) is 81.0. The van der Waals surface area contributed by atoms with Crippen LogP contribution in [-0.4, -0.2) is 0 Å². The monoisotopic (exact) mass is 791 g/mol. The highest BCUT2D eigenvalue weighted by molar-refractivity contribution is 6.07. The summed E-state index contributed by atoms with van der Waals surface area (Å²) in [5, 5.41) is 4.75. The fraction of sp³-hybridized carbons (Fsp3) is 0.0169. The maximum atomic E-state index is 6.72. The maximum absolute atomic E-state index is 6.72. The highest BCUT2D eigenvalue weighted by Gasteiger charge is 2.51. The summed E-state index contributed by atoms with van der Waals surface area (Å²) in [5.41, 5.74) is 16.3. The van der Waals surface area contributed by atoms with Crippen molar-refractivity contribution in [1.82, 2.24) is 0 Å². The number of benzene rings is 10. The number of rotatable bonds is 5. The van der Waals surface area contributed by atoms with Crippen LogP contribution >= 0.6 is 0 Å². The van der Waals surface area contributed by atoms with Crippen molar-refractivity contribution >= 4 is 49.8 Å². The quantitative estimate of drug-likeness (QED) is 0.174. The first-order valence-electron chi connectivity index (χ1n) is 21.2. The van der Waals surface area contributed by atoms with E-state index in [4.69, 9.17) is 9.15 Å². The molecule has 2 aliphatic rings. The Bertz CT molecular complexity index is 3500. The number of fused-ring (bicyclic) bond motifs is 14. The third kappa shape index (κ3) is 5.06. The molecule has 3 heteroatoms. The number of ether oxygens (including phenoxy) is 1. The molecule has 0 saturated carbocycles. The lowest BCUT2D eigenvalue weighted by atomic mass is 9.66. The van der Waals surface area contributed by atoms with Crippen LogP contribution in [0.1, 0.15) is 22.3 Å². The molecule has 1 spiro atoms. The molecule has 3 nitrogen and oxygen atoms in total. The molecule has 0 atom stereocenters. The predicted octanol–water partition coefficient (Wildman–Crippen LogP) is 16.0. The average molecular weight is 792 g/mol. The number of nitrogens with zero attached hydrogens (tertiary/aromatic N) is 1. The molecule has 0 N–H and O–H groups in total. The molecule has 0 unspecified atom stereocenters. The van der Waals surface area contributed by atoms with Crippen molar-refractivity contribution in [2.24, 2.45) is 0 Å². The summed E-state index contributed by atoms with van der Waals surface area (Å²) in [6.07, 6.45) is 0. The van der Waals surface area contributed by atoms with E-state index in [1.54, 1.807) is 0 Å². The molecule has 0 fully saturated rings. The van der Waals surface area contributed by atoms with E-state index in [2.05, 4.69) is 217 Å². The summed E-state index contributed by atoms with van der Waals surface area (Å²) >= 11 is 0. The first-order valence-corrected chi connectivity index (χ1v) is 21.2. The van der Waals surface area contributed by atoms with Crippen LogP contribution < -0.4 is 9.64 Å². The minimum Gasteiger partial charge on any atom is -0.457 e. The summed E-state index contributed by atoms with van der Waals surface area (Å²) in [4.78, 5) is 2.40. The van der Waals surface area contributed by atoms with Gasteiger partial charge in [-0.1, -0.05) is 158 Å². The minimum absolute atomic E-state index is 0.613. The lowest BCUT2D eigenvalue weighted by Crippen LogP contribution is -2.32. The van der Waals surface area contributed by atoms with Gasteiger partial charge in [0.15, 0.2) is 0 Å². The van der Waals surface area contributed by atoms with Gasteiger partial charge in [-0.25, -0.2) is 0 Å². The molecule has 2 heterocycles. The van der Waals surface area contributed by atoms with Gasteiger partial charge in [-0.2, -0.15) is 0 Å². The molecule has 1 aromatic heterocycles. The summed E-state index contributed by atoms with van der Waals surface area (Å²) < 4.78 is 13.0. The Morgan fingerprint density at radius 1 is 0.339 bits per heavy atom. The molecule has 62 heavy (non-hydrogen) atoms. The van der Waals surface area contributed by atoms with Gasteiger partial charge in [-0.3, -0.25) is 0 Å². The van der Waals surface area contributed by atoms with Gasteiger partial charge >= 0.3 is 0 Å². The number of hydrogen-bond donors (Lipinski definition) is 0. The second kappa shape index (κ2) is 13.4. The first-order chi connectivity index (χ1) is 30.7. The van der Waals surface area contributed by atoms with Gasteiger partial charge in [0.25, 0.3) is 0 Å². The van der Waals surface area contributed by atoms with Crippen molar-refractivity contribution in [2.45, 2.75) is 5.41 Å². The molecular formula is C59H37NO2. The van der Waals surface area contributed by atoms with Gasteiger partial charge in [0.2, 0.25) is 0 Å². The Kier molecular flexibility index (Phi) is 7.52. The zero-order valence-corrected chi connectivity index (χ0v) is 33.6. The molecule has 13 rings (SSSR count). The smallest absolute Gasteiger partial charge is 0.136 e. The molecule has 11 aromatic rings. The third-order valence-electron chi connectivity index (χ3n) is 13.1. The van der Waals surface area contributed by atoms with Crippen LogP contribution in [0.25, 0.3) is 66.1 Å². The van der Waals surface area contributed by atoms with Gasteiger partial charge in [0, 0.05) is 39.0 Å². The van der Waals surface area contributed by atoms with E-state index >= 15 is 0 Å². The third-order valence-corrected chi connectivity index (χ3v) is 13.1. The molecule has 0 amide bonds. The number of para-hydroxylation sites is 3. The molecule has 0 bridgehead atoms. The van der Waals surface area contributed by atoms with Gasteiger partial charge < -0.3 is 14.1 Å². The molecule has 1 aliphatic carbocycles. The van der Waals surface area contributed by atoms with Crippen molar-refractivity contribution in [3.8, 4) is 44.9 Å². The second-order valence-electron chi connectivity index (χ2n) is 16.4. The van der Waals surface area contributed by atoms with Gasteiger partial charge in [-0.05, 0) is 122 Å². The summed E-state index contributed by atoms with van der Waals surface area (Å²) in [7, 11) is 0. The molecule has 1 aliphatic heterocycles. The van der Waals surface area contributed by atoms with Crippen LogP contribution in [0.3, 0.4) is 0 Å². The van der Waals surface area contributed by atoms with Crippen LogP contribution in [0, 0.1) is 0 Å². The predicted molar refractivity (Wildman–Crippen MR) is 254 cm³/mol. The minimum atomic E-state index is -0.613. The average Bonchev–Trinajstić information content (AvgIpc) is 3.86. The van der Waals surface area contributed by atoms with Gasteiger partial charge in [0.05, 0.1) is 5.41 Å². The fourth-order valence-corrected chi connectivity index (χ4v) is 10.4. The zero-order valence-electron chi connectivity index (χ0n) is 33.6. The lowest BCUT2D eigenvalue weighted by Gasteiger charge is -2.39. The summed E-state index contributed by atoms with van der Waals surface area (Å²) in [6.45, 7) is 0. The van der Waals surface area contributed by atoms with E-state index < -0.39 is 5.41 Å². The van der Waals surface area contributed by atoms with Crippen molar-refractivity contribution in [3.05, 3.63) is 247 Å². The standard InChI is InChI=1S/C59H37NO2/c1-2-12-38(13-3-1)39-22-28-43(29-23-39)60(44-30-24-40(25-31-44)42-26-33-48-47-16-6-9-19-54(47)61-57(48)36-42)45-32-34-49-53(37-45)59(52-35-27-41-14-4-5-15-46(41)58(49)52)50-17-7-10-20-55(50)62-56-21-11-8-18-51(56)59/h1-37H. The number of anilines is 3. The van der Waals surface area contributed by atoms with E-state index in [1.807, 2.05) is 12.1 Å². The highest BCUT2D eigenvalue weighted by Crippen LogP contribution is 2.63. The molecule has 0 saturated heterocycles.